The van der Waals surface area contributed by atoms with Crippen LogP contribution in [0, 0.1) is 0 Å². The lowest BCUT2D eigenvalue weighted by Crippen LogP contribution is -2.15. The van der Waals surface area contributed by atoms with E-state index in [1.165, 1.54) is 0 Å². The number of para-hydroxylation sites is 1. The summed E-state index contributed by atoms with van der Waals surface area (Å²) in [6.45, 7) is 0. The Hall–Kier alpha value is -1.26. The Labute approximate surface area is 104 Å². The van der Waals surface area contributed by atoms with Crippen LogP contribution in [0.2, 0.25) is 0 Å². The SMILES string of the molecule is Cl.N[C@@H](CC(F)F)c1ccc2ccccc2n1. The van der Waals surface area contributed by atoms with Gasteiger partial charge < -0.3 is 5.73 Å². The minimum Gasteiger partial charge on any atom is -0.322 e. The van der Waals surface area contributed by atoms with E-state index in [-0.39, 0.29) is 18.8 Å². The van der Waals surface area contributed by atoms with Crippen LogP contribution in [0.15, 0.2) is 36.4 Å². The molecule has 1 aromatic heterocycles. The average molecular weight is 259 g/mol. The molecule has 0 bridgehead atoms. The predicted octanol–water partition coefficient (Wildman–Crippen LogP) is 3.31. The number of hydrogen-bond donors (Lipinski definition) is 1. The van der Waals surface area contributed by atoms with Gasteiger partial charge in [0.25, 0.3) is 0 Å². The summed E-state index contributed by atoms with van der Waals surface area (Å²) >= 11 is 0. The van der Waals surface area contributed by atoms with Crippen molar-refractivity contribution in [1.29, 1.82) is 0 Å². The third-order valence-corrected chi connectivity index (χ3v) is 2.43. The first-order valence-electron chi connectivity index (χ1n) is 5.06. The van der Waals surface area contributed by atoms with Crippen molar-refractivity contribution in [2.75, 3.05) is 0 Å². The molecule has 0 aliphatic heterocycles. The van der Waals surface area contributed by atoms with E-state index >= 15 is 0 Å². The number of nitrogens with zero attached hydrogens (tertiary/aromatic N) is 1. The smallest absolute Gasteiger partial charge is 0.240 e. The molecule has 2 nitrogen and oxygen atoms in total. The Bertz CT molecular complexity index is 491. The minimum absolute atomic E-state index is 0. The molecule has 1 heterocycles. The maximum absolute atomic E-state index is 12.2. The van der Waals surface area contributed by atoms with Crippen LogP contribution >= 0.6 is 12.4 Å². The Morgan fingerprint density at radius 1 is 1.12 bits per heavy atom. The van der Waals surface area contributed by atoms with E-state index in [2.05, 4.69) is 4.98 Å². The number of fused-ring (bicyclic) bond motifs is 1. The number of halogens is 3. The van der Waals surface area contributed by atoms with Gasteiger partial charge in [0, 0.05) is 11.8 Å². The summed E-state index contributed by atoms with van der Waals surface area (Å²) < 4.78 is 24.4. The number of nitrogens with two attached hydrogens (primary N) is 1. The van der Waals surface area contributed by atoms with Crippen molar-refractivity contribution >= 4 is 23.3 Å². The van der Waals surface area contributed by atoms with Gasteiger partial charge in [-0.15, -0.1) is 12.4 Å². The van der Waals surface area contributed by atoms with Gasteiger partial charge in [0.15, 0.2) is 0 Å². The highest BCUT2D eigenvalue weighted by Gasteiger charge is 2.14. The van der Waals surface area contributed by atoms with Crippen molar-refractivity contribution in [2.45, 2.75) is 18.9 Å². The Kier molecular flexibility index (Phi) is 4.78. The largest absolute Gasteiger partial charge is 0.322 e. The molecule has 0 unspecified atom stereocenters. The van der Waals surface area contributed by atoms with E-state index < -0.39 is 12.5 Å². The van der Waals surface area contributed by atoms with Crippen LogP contribution in [0.4, 0.5) is 8.78 Å². The number of benzene rings is 1. The maximum atomic E-state index is 12.2. The van der Waals surface area contributed by atoms with E-state index in [0.717, 1.165) is 10.9 Å². The van der Waals surface area contributed by atoms with Gasteiger partial charge in [-0.25, -0.2) is 8.78 Å². The number of aromatic nitrogens is 1. The zero-order chi connectivity index (χ0) is 11.5. The van der Waals surface area contributed by atoms with Crippen LogP contribution in [0.3, 0.4) is 0 Å². The number of pyridine rings is 1. The first-order valence-corrected chi connectivity index (χ1v) is 5.06. The fourth-order valence-electron chi connectivity index (χ4n) is 1.60. The molecule has 0 aliphatic carbocycles. The molecule has 1 atom stereocenters. The van der Waals surface area contributed by atoms with Crippen LogP contribution in [0.5, 0.6) is 0 Å². The number of rotatable bonds is 3. The van der Waals surface area contributed by atoms with Crippen molar-refractivity contribution in [3.05, 3.63) is 42.1 Å². The van der Waals surface area contributed by atoms with Crippen molar-refractivity contribution in [3.8, 4) is 0 Å². The fraction of sp³-hybridized carbons (Fsp3) is 0.250. The molecule has 0 fully saturated rings. The minimum atomic E-state index is -2.40. The summed E-state index contributed by atoms with van der Waals surface area (Å²) in [4.78, 5) is 4.27. The Balaban J connectivity index is 0.00000144. The van der Waals surface area contributed by atoms with E-state index in [4.69, 9.17) is 5.73 Å². The highest BCUT2D eigenvalue weighted by molar-refractivity contribution is 5.85. The van der Waals surface area contributed by atoms with Crippen LogP contribution in [-0.2, 0) is 0 Å². The van der Waals surface area contributed by atoms with Gasteiger partial charge in [-0.2, -0.15) is 0 Å². The normalized spacial score (nSPS) is 12.5. The van der Waals surface area contributed by atoms with Crippen molar-refractivity contribution in [3.63, 3.8) is 0 Å². The van der Waals surface area contributed by atoms with Crippen LogP contribution in [0.1, 0.15) is 18.2 Å². The topological polar surface area (TPSA) is 38.9 Å². The zero-order valence-corrected chi connectivity index (χ0v) is 9.83. The average Bonchev–Trinajstić information content (AvgIpc) is 2.27. The molecule has 0 amide bonds. The lowest BCUT2D eigenvalue weighted by molar-refractivity contribution is 0.128. The molecule has 0 saturated heterocycles. The summed E-state index contributed by atoms with van der Waals surface area (Å²) in [5.41, 5.74) is 6.94. The van der Waals surface area contributed by atoms with Crippen molar-refractivity contribution in [1.82, 2.24) is 4.98 Å². The van der Waals surface area contributed by atoms with Crippen LogP contribution in [-0.4, -0.2) is 11.4 Å². The highest BCUT2D eigenvalue weighted by Crippen LogP contribution is 2.19. The monoisotopic (exact) mass is 258 g/mol. The van der Waals surface area contributed by atoms with Gasteiger partial charge in [-0.1, -0.05) is 24.3 Å². The maximum Gasteiger partial charge on any atom is 0.240 e. The molecule has 2 rings (SSSR count). The summed E-state index contributed by atoms with van der Waals surface area (Å²) in [7, 11) is 0. The lowest BCUT2D eigenvalue weighted by Gasteiger charge is -2.10. The summed E-state index contributed by atoms with van der Waals surface area (Å²) in [5.74, 6) is 0. The first kappa shape index (κ1) is 13.8. The fourth-order valence-corrected chi connectivity index (χ4v) is 1.60. The molecule has 0 saturated carbocycles. The summed E-state index contributed by atoms with van der Waals surface area (Å²) in [6, 6.07) is 10.4. The van der Waals surface area contributed by atoms with E-state index in [1.54, 1.807) is 6.07 Å². The van der Waals surface area contributed by atoms with E-state index in [9.17, 15) is 8.78 Å². The quantitative estimate of drug-likeness (QED) is 0.917. The van der Waals surface area contributed by atoms with Gasteiger partial charge in [0.1, 0.15) is 0 Å². The van der Waals surface area contributed by atoms with Gasteiger partial charge in [-0.3, -0.25) is 4.98 Å². The predicted molar refractivity (Wildman–Crippen MR) is 66.5 cm³/mol. The molecule has 0 aliphatic rings. The molecule has 92 valence electrons. The zero-order valence-electron chi connectivity index (χ0n) is 9.01. The first-order chi connectivity index (χ1) is 7.66. The van der Waals surface area contributed by atoms with Crippen molar-refractivity contribution < 1.29 is 8.78 Å². The molecule has 2 aromatic rings. The second-order valence-electron chi connectivity index (χ2n) is 3.66. The molecule has 1 aromatic carbocycles. The summed E-state index contributed by atoms with van der Waals surface area (Å²) in [6.07, 6.45) is -2.76. The highest BCUT2D eigenvalue weighted by atomic mass is 35.5. The summed E-state index contributed by atoms with van der Waals surface area (Å²) in [5, 5.41) is 0.982. The molecular weight excluding hydrogens is 246 g/mol. The Morgan fingerprint density at radius 3 is 2.53 bits per heavy atom. The second-order valence-corrected chi connectivity index (χ2v) is 3.66. The lowest BCUT2D eigenvalue weighted by atomic mass is 10.1. The van der Waals surface area contributed by atoms with Crippen molar-refractivity contribution in [2.24, 2.45) is 5.73 Å². The second kappa shape index (κ2) is 5.89. The van der Waals surface area contributed by atoms with Gasteiger partial charge >= 0.3 is 0 Å². The van der Waals surface area contributed by atoms with Crippen LogP contribution in [0.25, 0.3) is 10.9 Å². The number of hydrogen-bond acceptors (Lipinski definition) is 2. The molecule has 0 radical (unpaired) electrons. The standard InChI is InChI=1S/C12H12F2N2.ClH/c13-12(14)7-9(15)11-6-5-8-3-1-2-4-10(8)16-11;/h1-6,9,12H,7,15H2;1H/t9-;/m0./s1. The van der Waals surface area contributed by atoms with Crippen LogP contribution < -0.4 is 5.73 Å². The Morgan fingerprint density at radius 2 is 1.82 bits per heavy atom. The molecule has 2 N–H and O–H groups in total. The molecule has 5 heteroatoms. The molecule has 17 heavy (non-hydrogen) atoms. The van der Waals surface area contributed by atoms with E-state index in [1.807, 2.05) is 30.3 Å². The third kappa shape index (κ3) is 3.35. The molecular formula is C12H13ClF2N2. The van der Waals surface area contributed by atoms with Gasteiger partial charge in [0.2, 0.25) is 6.43 Å². The molecule has 0 spiro atoms. The van der Waals surface area contributed by atoms with Gasteiger partial charge in [0.05, 0.1) is 17.3 Å². The van der Waals surface area contributed by atoms with Gasteiger partial charge in [-0.05, 0) is 12.1 Å². The van der Waals surface area contributed by atoms with E-state index in [0.29, 0.717) is 5.69 Å². The number of alkyl halides is 2. The third-order valence-electron chi connectivity index (χ3n) is 2.43.